The first-order chi connectivity index (χ1) is 10.1. The highest BCUT2D eigenvalue weighted by molar-refractivity contribution is 7.99. The molecule has 2 aromatic heterocycles. The standard InChI is InChI=1S/C14H12N4O2S/c1-7-8(2)17-18-12(11(7)13(19)20)21-14-15-9-5-3-4-6-10(9)16-14/h3-6H,1-2H3,(H,15,16)(H,19,20). The Labute approximate surface area is 124 Å². The number of fused-ring (bicyclic) bond motifs is 1. The maximum Gasteiger partial charge on any atom is 0.338 e. The zero-order valence-corrected chi connectivity index (χ0v) is 12.2. The molecule has 0 aliphatic carbocycles. The lowest BCUT2D eigenvalue weighted by Gasteiger charge is -2.07. The molecule has 0 aliphatic heterocycles. The minimum absolute atomic E-state index is 0.174. The minimum Gasteiger partial charge on any atom is -0.478 e. The lowest BCUT2D eigenvalue weighted by atomic mass is 10.1. The lowest BCUT2D eigenvalue weighted by Crippen LogP contribution is -2.08. The molecule has 0 spiro atoms. The topological polar surface area (TPSA) is 91.8 Å². The number of nitrogens with one attached hydrogen (secondary N) is 1. The number of nitrogens with zero attached hydrogens (tertiary/aromatic N) is 3. The fourth-order valence-corrected chi connectivity index (χ4v) is 2.89. The normalized spacial score (nSPS) is 11.0. The third kappa shape index (κ3) is 2.47. The second-order valence-electron chi connectivity index (χ2n) is 4.56. The Kier molecular flexibility index (Phi) is 3.34. The van der Waals surface area contributed by atoms with Crippen LogP contribution in [0.4, 0.5) is 0 Å². The molecule has 2 heterocycles. The smallest absolute Gasteiger partial charge is 0.338 e. The summed E-state index contributed by atoms with van der Waals surface area (Å²) in [6.07, 6.45) is 0. The van der Waals surface area contributed by atoms with Gasteiger partial charge in [-0.25, -0.2) is 9.78 Å². The van der Waals surface area contributed by atoms with Crippen molar-refractivity contribution in [2.45, 2.75) is 24.0 Å². The van der Waals surface area contributed by atoms with Crippen LogP contribution in [0.1, 0.15) is 21.6 Å². The predicted molar refractivity (Wildman–Crippen MR) is 78.7 cm³/mol. The molecule has 0 atom stereocenters. The van der Waals surface area contributed by atoms with Crippen LogP contribution in [0.2, 0.25) is 0 Å². The monoisotopic (exact) mass is 300 g/mol. The van der Waals surface area contributed by atoms with Gasteiger partial charge in [-0.05, 0) is 43.3 Å². The summed E-state index contributed by atoms with van der Waals surface area (Å²) in [5.41, 5.74) is 3.13. The quantitative estimate of drug-likeness (QED) is 0.772. The van der Waals surface area contributed by atoms with Crippen LogP contribution in [0.3, 0.4) is 0 Å². The van der Waals surface area contributed by atoms with E-state index in [9.17, 15) is 9.90 Å². The number of imidazole rings is 1. The number of rotatable bonds is 3. The summed E-state index contributed by atoms with van der Waals surface area (Å²) < 4.78 is 0. The van der Waals surface area contributed by atoms with Gasteiger partial charge in [-0.1, -0.05) is 12.1 Å². The van der Waals surface area contributed by atoms with E-state index in [1.807, 2.05) is 24.3 Å². The molecule has 0 radical (unpaired) electrons. The lowest BCUT2D eigenvalue weighted by molar-refractivity contribution is 0.0690. The fourth-order valence-electron chi connectivity index (χ4n) is 1.98. The second kappa shape index (κ2) is 5.17. The SMILES string of the molecule is Cc1nnc(Sc2nc3ccccc3[nH]2)c(C(=O)O)c1C. The van der Waals surface area contributed by atoms with Crippen molar-refractivity contribution in [3.05, 3.63) is 41.1 Å². The van der Waals surface area contributed by atoms with Gasteiger partial charge >= 0.3 is 5.97 Å². The van der Waals surface area contributed by atoms with E-state index in [1.165, 1.54) is 11.8 Å². The summed E-state index contributed by atoms with van der Waals surface area (Å²) in [4.78, 5) is 19.0. The molecule has 3 aromatic rings. The van der Waals surface area contributed by atoms with Crippen molar-refractivity contribution in [2.75, 3.05) is 0 Å². The van der Waals surface area contributed by atoms with Gasteiger partial charge < -0.3 is 10.1 Å². The van der Waals surface area contributed by atoms with E-state index in [-0.39, 0.29) is 5.56 Å². The molecule has 21 heavy (non-hydrogen) atoms. The zero-order valence-electron chi connectivity index (χ0n) is 11.4. The van der Waals surface area contributed by atoms with Gasteiger partial charge in [-0.15, -0.1) is 5.10 Å². The molecule has 0 saturated carbocycles. The summed E-state index contributed by atoms with van der Waals surface area (Å²) in [6.45, 7) is 3.47. The first-order valence-corrected chi connectivity index (χ1v) is 7.07. The highest BCUT2D eigenvalue weighted by atomic mass is 32.2. The first kappa shape index (κ1) is 13.6. The van der Waals surface area contributed by atoms with Gasteiger partial charge in [0.05, 0.1) is 22.3 Å². The summed E-state index contributed by atoms with van der Waals surface area (Å²) >= 11 is 1.17. The van der Waals surface area contributed by atoms with Crippen molar-refractivity contribution in [1.29, 1.82) is 0 Å². The Morgan fingerprint density at radius 3 is 2.71 bits per heavy atom. The molecule has 7 heteroatoms. The van der Waals surface area contributed by atoms with Crippen molar-refractivity contribution < 1.29 is 9.90 Å². The number of carboxylic acids is 1. The van der Waals surface area contributed by atoms with Crippen LogP contribution < -0.4 is 0 Å². The van der Waals surface area contributed by atoms with Crippen LogP contribution in [-0.4, -0.2) is 31.2 Å². The Morgan fingerprint density at radius 1 is 1.24 bits per heavy atom. The highest BCUT2D eigenvalue weighted by Gasteiger charge is 2.19. The molecule has 3 rings (SSSR count). The predicted octanol–water partition coefficient (Wildman–Crippen LogP) is 2.82. The van der Waals surface area contributed by atoms with E-state index in [0.29, 0.717) is 21.4 Å². The molecular formula is C14H12N4O2S. The van der Waals surface area contributed by atoms with E-state index < -0.39 is 5.97 Å². The van der Waals surface area contributed by atoms with Crippen molar-refractivity contribution >= 4 is 28.8 Å². The van der Waals surface area contributed by atoms with E-state index in [4.69, 9.17) is 0 Å². The van der Waals surface area contributed by atoms with Crippen LogP contribution in [0.25, 0.3) is 11.0 Å². The maximum absolute atomic E-state index is 11.4. The second-order valence-corrected chi connectivity index (χ2v) is 5.53. The summed E-state index contributed by atoms with van der Waals surface area (Å²) in [5.74, 6) is -1.01. The van der Waals surface area contributed by atoms with Crippen LogP contribution in [-0.2, 0) is 0 Å². The Balaban J connectivity index is 2.05. The number of aromatic amines is 1. The number of hydrogen-bond acceptors (Lipinski definition) is 5. The number of carboxylic acid groups (broad SMARTS) is 1. The molecule has 0 saturated heterocycles. The van der Waals surface area contributed by atoms with Gasteiger partial charge in [0.1, 0.15) is 5.03 Å². The van der Waals surface area contributed by atoms with Crippen molar-refractivity contribution in [1.82, 2.24) is 20.2 Å². The summed E-state index contributed by atoms with van der Waals surface area (Å²) in [6, 6.07) is 7.61. The van der Waals surface area contributed by atoms with Crippen LogP contribution >= 0.6 is 11.8 Å². The van der Waals surface area contributed by atoms with Gasteiger partial charge in [-0.3, -0.25) is 0 Å². The Hall–Kier alpha value is -2.41. The zero-order chi connectivity index (χ0) is 15.0. The molecule has 0 fully saturated rings. The number of aromatic nitrogens is 4. The van der Waals surface area contributed by atoms with Gasteiger partial charge in [0.15, 0.2) is 5.16 Å². The van der Waals surface area contributed by atoms with Crippen LogP contribution in [0.15, 0.2) is 34.4 Å². The third-order valence-corrected chi connectivity index (χ3v) is 4.06. The summed E-state index contributed by atoms with van der Waals surface area (Å²) in [5, 5.41) is 18.3. The van der Waals surface area contributed by atoms with Crippen molar-refractivity contribution in [3.8, 4) is 0 Å². The highest BCUT2D eigenvalue weighted by Crippen LogP contribution is 2.29. The van der Waals surface area contributed by atoms with E-state index >= 15 is 0 Å². The largest absolute Gasteiger partial charge is 0.478 e. The molecule has 1 aromatic carbocycles. The first-order valence-electron chi connectivity index (χ1n) is 6.26. The van der Waals surface area contributed by atoms with Gasteiger partial charge in [0.2, 0.25) is 0 Å². The number of para-hydroxylation sites is 2. The van der Waals surface area contributed by atoms with Gasteiger partial charge in [0.25, 0.3) is 0 Å². The number of aromatic carboxylic acids is 1. The van der Waals surface area contributed by atoms with E-state index in [2.05, 4.69) is 20.2 Å². The molecule has 106 valence electrons. The molecule has 0 bridgehead atoms. The average Bonchev–Trinajstić information content (AvgIpc) is 2.85. The number of carbonyl (C=O) groups is 1. The van der Waals surface area contributed by atoms with Crippen LogP contribution in [0.5, 0.6) is 0 Å². The Morgan fingerprint density at radius 2 is 2.00 bits per heavy atom. The minimum atomic E-state index is -1.01. The van der Waals surface area contributed by atoms with Gasteiger partial charge in [-0.2, -0.15) is 5.10 Å². The van der Waals surface area contributed by atoms with E-state index in [0.717, 1.165) is 11.0 Å². The molecule has 0 aliphatic rings. The van der Waals surface area contributed by atoms with Gasteiger partial charge in [0, 0.05) is 0 Å². The Bertz CT molecular complexity index is 811. The van der Waals surface area contributed by atoms with Crippen molar-refractivity contribution in [3.63, 3.8) is 0 Å². The third-order valence-electron chi connectivity index (χ3n) is 3.20. The fraction of sp³-hybridized carbons (Fsp3) is 0.143. The molecular weight excluding hydrogens is 288 g/mol. The molecule has 0 amide bonds. The summed E-state index contributed by atoms with van der Waals surface area (Å²) in [7, 11) is 0. The maximum atomic E-state index is 11.4. The number of aryl methyl sites for hydroxylation is 1. The molecule has 2 N–H and O–H groups in total. The number of hydrogen-bond donors (Lipinski definition) is 2. The average molecular weight is 300 g/mol. The number of benzene rings is 1. The molecule has 0 unspecified atom stereocenters. The molecule has 6 nitrogen and oxygen atoms in total. The van der Waals surface area contributed by atoms with Crippen molar-refractivity contribution in [2.24, 2.45) is 0 Å². The number of H-pyrrole nitrogens is 1. The van der Waals surface area contributed by atoms with E-state index in [1.54, 1.807) is 13.8 Å². The van der Waals surface area contributed by atoms with Crippen LogP contribution in [0, 0.1) is 13.8 Å².